The van der Waals surface area contributed by atoms with Gasteiger partial charge >= 0.3 is 5.97 Å². The van der Waals surface area contributed by atoms with E-state index in [1.807, 2.05) is 20.8 Å². The molecule has 0 aromatic heterocycles. The quantitative estimate of drug-likeness (QED) is 0.417. The van der Waals surface area contributed by atoms with Gasteiger partial charge in [-0.15, -0.1) is 0 Å². The van der Waals surface area contributed by atoms with Crippen LogP contribution in [0.25, 0.3) is 0 Å². The number of Topliss-reactive ketones (excluding diaryl/α,β-unsaturated/α-hetero) is 1. The van der Waals surface area contributed by atoms with E-state index in [2.05, 4.69) is 0 Å². The predicted octanol–water partition coefficient (Wildman–Crippen LogP) is 4.37. The minimum absolute atomic E-state index is 0.0206. The molecule has 1 aliphatic heterocycles. The molecule has 0 N–H and O–H groups in total. The molecule has 2 atom stereocenters. The van der Waals surface area contributed by atoms with E-state index >= 15 is 0 Å². The van der Waals surface area contributed by atoms with Crippen LogP contribution >= 0.6 is 0 Å². The van der Waals surface area contributed by atoms with Crippen molar-refractivity contribution in [2.24, 2.45) is 16.3 Å². The van der Waals surface area contributed by atoms with Crippen molar-refractivity contribution in [3.63, 3.8) is 0 Å². The largest absolute Gasteiger partial charge is 0.465 e. The summed E-state index contributed by atoms with van der Waals surface area (Å²) in [5.41, 5.74) is 2.42. The van der Waals surface area contributed by atoms with E-state index in [9.17, 15) is 19.7 Å². The van der Waals surface area contributed by atoms with Crippen LogP contribution in [-0.2, 0) is 14.3 Å². The van der Waals surface area contributed by atoms with Gasteiger partial charge in [0.25, 0.3) is 5.69 Å². The molecule has 0 amide bonds. The monoisotopic (exact) mass is 398 g/mol. The van der Waals surface area contributed by atoms with E-state index in [0.717, 1.165) is 5.70 Å². The van der Waals surface area contributed by atoms with Crippen LogP contribution in [0, 0.1) is 21.4 Å². The van der Waals surface area contributed by atoms with Crippen LogP contribution in [0.2, 0.25) is 0 Å². The normalized spacial score (nSPS) is 23.3. The highest BCUT2D eigenvalue weighted by Crippen LogP contribution is 2.48. The lowest BCUT2D eigenvalue weighted by Gasteiger charge is -2.39. The third-order valence-electron chi connectivity index (χ3n) is 5.54. The number of aliphatic imine (C=N–C) groups is 1. The van der Waals surface area contributed by atoms with Gasteiger partial charge in [0.1, 0.15) is 5.92 Å². The van der Waals surface area contributed by atoms with E-state index in [0.29, 0.717) is 36.1 Å². The zero-order valence-corrected chi connectivity index (χ0v) is 17.2. The summed E-state index contributed by atoms with van der Waals surface area (Å²) in [5, 5.41) is 11.0. The van der Waals surface area contributed by atoms with Crippen molar-refractivity contribution in [3.05, 3.63) is 51.2 Å². The smallest absolute Gasteiger partial charge is 0.315 e. The Morgan fingerprint density at radius 2 is 1.90 bits per heavy atom. The highest BCUT2D eigenvalue weighted by molar-refractivity contribution is 6.09. The molecule has 1 heterocycles. The molecule has 154 valence electrons. The van der Waals surface area contributed by atoms with Crippen molar-refractivity contribution in [1.29, 1.82) is 0 Å². The number of benzene rings is 1. The summed E-state index contributed by atoms with van der Waals surface area (Å²) in [6.07, 6.45) is 1.58. The van der Waals surface area contributed by atoms with Gasteiger partial charge in [-0.25, -0.2) is 0 Å². The number of allylic oxidation sites excluding steroid dienone is 2. The average Bonchev–Trinajstić information content (AvgIpc) is 2.65. The summed E-state index contributed by atoms with van der Waals surface area (Å²) < 4.78 is 5.32. The van der Waals surface area contributed by atoms with Gasteiger partial charge in [0.2, 0.25) is 0 Å². The molecule has 0 saturated carbocycles. The lowest BCUT2D eigenvalue weighted by atomic mass is 9.66. The summed E-state index contributed by atoms with van der Waals surface area (Å²) in [6, 6.07) is 6.08. The number of nitrogens with zero attached hydrogens (tertiary/aromatic N) is 2. The van der Waals surface area contributed by atoms with Gasteiger partial charge in [-0.05, 0) is 30.7 Å². The fraction of sp³-hybridized carbons (Fsp3) is 0.500. The van der Waals surface area contributed by atoms with Crippen LogP contribution in [-0.4, -0.2) is 29.0 Å². The fourth-order valence-electron chi connectivity index (χ4n) is 4.32. The van der Waals surface area contributed by atoms with E-state index < -0.39 is 22.7 Å². The topological polar surface area (TPSA) is 98.9 Å². The maximum Gasteiger partial charge on any atom is 0.315 e. The Kier molecular flexibility index (Phi) is 5.68. The summed E-state index contributed by atoms with van der Waals surface area (Å²) in [6.45, 7) is 7.97. The van der Waals surface area contributed by atoms with Crippen molar-refractivity contribution >= 4 is 23.2 Å². The van der Waals surface area contributed by atoms with Crippen LogP contribution in [0.3, 0.4) is 0 Å². The highest BCUT2D eigenvalue weighted by atomic mass is 16.6. The number of esters is 1. The van der Waals surface area contributed by atoms with Gasteiger partial charge in [0, 0.05) is 41.5 Å². The number of rotatable bonds is 5. The summed E-state index contributed by atoms with van der Waals surface area (Å²) in [5.74, 6) is -1.68. The van der Waals surface area contributed by atoms with Crippen molar-refractivity contribution in [2.45, 2.75) is 52.9 Å². The van der Waals surface area contributed by atoms with E-state index in [1.54, 1.807) is 19.1 Å². The van der Waals surface area contributed by atoms with E-state index in [4.69, 9.17) is 9.73 Å². The molecule has 29 heavy (non-hydrogen) atoms. The van der Waals surface area contributed by atoms with Crippen LogP contribution in [0.5, 0.6) is 0 Å². The number of non-ortho nitro benzene ring substituents is 1. The number of hydrogen-bond acceptors (Lipinski definition) is 6. The SMILES string of the molecule is CCOC(=O)C1C(CC)=NC2=C(C(=O)CC(C)(C)C2)[C@H]1c1ccc([N+](=O)[O-])cc1. The lowest BCUT2D eigenvalue weighted by Crippen LogP contribution is -2.40. The first kappa shape index (κ1) is 20.9. The van der Waals surface area contributed by atoms with Crippen molar-refractivity contribution < 1.29 is 19.2 Å². The molecule has 3 rings (SSSR count). The number of carbonyl (C=O) groups is 2. The zero-order chi connectivity index (χ0) is 21.3. The molecule has 0 saturated heterocycles. The first-order chi connectivity index (χ1) is 13.7. The Hall–Kier alpha value is -2.83. The number of hydrogen-bond donors (Lipinski definition) is 0. The zero-order valence-electron chi connectivity index (χ0n) is 17.2. The molecule has 0 spiro atoms. The second kappa shape index (κ2) is 7.89. The molecule has 7 nitrogen and oxygen atoms in total. The van der Waals surface area contributed by atoms with Crippen molar-refractivity contribution in [2.75, 3.05) is 6.61 Å². The molecular weight excluding hydrogens is 372 g/mol. The summed E-state index contributed by atoms with van der Waals surface area (Å²) in [7, 11) is 0. The third-order valence-corrected chi connectivity index (χ3v) is 5.54. The van der Waals surface area contributed by atoms with Gasteiger partial charge in [-0.1, -0.05) is 32.9 Å². The Morgan fingerprint density at radius 3 is 2.45 bits per heavy atom. The number of ketones is 1. The number of carbonyl (C=O) groups excluding carboxylic acids is 2. The molecule has 1 unspecified atom stereocenters. The highest BCUT2D eigenvalue weighted by Gasteiger charge is 2.46. The van der Waals surface area contributed by atoms with E-state index in [1.165, 1.54) is 12.1 Å². The molecular formula is C22H26N2O5. The first-order valence-corrected chi connectivity index (χ1v) is 9.93. The lowest BCUT2D eigenvalue weighted by molar-refractivity contribution is -0.384. The van der Waals surface area contributed by atoms with Crippen molar-refractivity contribution in [1.82, 2.24) is 0 Å². The second-order valence-corrected chi connectivity index (χ2v) is 8.31. The summed E-state index contributed by atoms with van der Waals surface area (Å²) >= 11 is 0. The van der Waals surface area contributed by atoms with Gasteiger partial charge in [-0.2, -0.15) is 0 Å². The first-order valence-electron chi connectivity index (χ1n) is 9.93. The number of ether oxygens (including phenoxy) is 1. The maximum absolute atomic E-state index is 13.1. The Balaban J connectivity index is 2.18. The van der Waals surface area contributed by atoms with Crippen LogP contribution < -0.4 is 0 Å². The van der Waals surface area contributed by atoms with Gasteiger partial charge in [-0.3, -0.25) is 24.7 Å². The minimum atomic E-state index is -0.703. The van der Waals surface area contributed by atoms with Crippen LogP contribution in [0.4, 0.5) is 5.69 Å². The number of nitro benzene ring substituents is 1. The molecule has 1 aliphatic carbocycles. The van der Waals surface area contributed by atoms with Gasteiger partial charge < -0.3 is 4.74 Å². The standard InChI is InChI=1S/C22H26N2O5/c1-5-15-20(21(26)29-6-2)18(13-7-9-14(10-8-13)24(27)28)19-16(23-15)11-22(3,4)12-17(19)25/h7-10,18,20H,5-6,11-12H2,1-4H3/t18-,20?/m1/s1. The molecule has 7 heteroatoms. The predicted molar refractivity (Wildman–Crippen MR) is 109 cm³/mol. The van der Waals surface area contributed by atoms with Crippen LogP contribution in [0.15, 0.2) is 40.5 Å². The van der Waals surface area contributed by atoms with Gasteiger partial charge in [0.05, 0.1) is 11.5 Å². The average molecular weight is 398 g/mol. The number of nitro groups is 1. The fourth-order valence-corrected chi connectivity index (χ4v) is 4.32. The Bertz CT molecular complexity index is 912. The van der Waals surface area contributed by atoms with Gasteiger partial charge in [0.15, 0.2) is 5.78 Å². The molecule has 1 aromatic carbocycles. The van der Waals surface area contributed by atoms with E-state index in [-0.39, 0.29) is 23.5 Å². The molecule has 0 bridgehead atoms. The van der Waals surface area contributed by atoms with Crippen molar-refractivity contribution in [3.8, 4) is 0 Å². The van der Waals surface area contributed by atoms with Crippen LogP contribution in [0.1, 0.15) is 58.4 Å². The molecule has 2 aliphatic rings. The second-order valence-electron chi connectivity index (χ2n) is 8.31. The summed E-state index contributed by atoms with van der Waals surface area (Å²) in [4.78, 5) is 41.3. The maximum atomic E-state index is 13.1. The third kappa shape index (κ3) is 3.99. The minimum Gasteiger partial charge on any atom is -0.465 e. The molecule has 0 radical (unpaired) electrons. The Labute approximate surface area is 170 Å². The molecule has 1 aromatic rings. The molecule has 0 fully saturated rings. The Morgan fingerprint density at radius 1 is 1.24 bits per heavy atom.